The minimum Gasteiger partial charge on any atom is -0.325 e. The Morgan fingerprint density at radius 3 is 2.48 bits per heavy atom. The summed E-state index contributed by atoms with van der Waals surface area (Å²) >= 11 is 5.15. The molecule has 0 unspecified atom stereocenters. The first-order chi connectivity index (χ1) is 11.2. The molecule has 0 aliphatic heterocycles. The van der Waals surface area contributed by atoms with Crippen molar-refractivity contribution < 1.29 is 0 Å². The molecular formula is C19H17NS3. The van der Waals surface area contributed by atoms with Crippen molar-refractivity contribution in [3.05, 3.63) is 83.7 Å². The summed E-state index contributed by atoms with van der Waals surface area (Å²) in [5.41, 5.74) is 3.31. The van der Waals surface area contributed by atoms with Crippen LogP contribution >= 0.6 is 35.0 Å². The van der Waals surface area contributed by atoms with E-state index < -0.39 is 0 Å². The third kappa shape index (κ3) is 4.67. The fraction of sp³-hybridized carbons (Fsp3) is 0.0526. The Balaban J connectivity index is 1.57. The van der Waals surface area contributed by atoms with E-state index in [1.807, 2.05) is 6.07 Å². The minimum absolute atomic E-state index is 0.931. The molecule has 2 aromatic carbocycles. The fourth-order valence-corrected chi connectivity index (χ4v) is 4.67. The number of hydrogen-bond donors (Lipinski definition) is 1. The smallest absolute Gasteiger partial charge is 0.0819 e. The molecule has 23 heavy (non-hydrogen) atoms. The molecule has 3 aromatic rings. The maximum Gasteiger partial charge on any atom is 0.0819 e. The van der Waals surface area contributed by atoms with Crippen LogP contribution in [0.2, 0.25) is 0 Å². The highest BCUT2D eigenvalue weighted by molar-refractivity contribution is 8.00. The lowest BCUT2D eigenvalue weighted by atomic mass is 10.1. The zero-order valence-electron chi connectivity index (χ0n) is 12.8. The maximum atomic E-state index is 4.11. The summed E-state index contributed by atoms with van der Waals surface area (Å²) in [6.07, 6.45) is 0. The normalized spacial score (nSPS) is 10.5. The van der Waals surface area contributed by atoms with Gasteiger partial charge in [0.05, 0.1) is 4.21 Å². The number of aryl methyl sites for hydroxylation is 1. The standard InChI is InChI=1S/C19H17NS3/c1-14-8-10-16(11-9-14)15(2)20-23-19-12-18(13-21-19)22-17-6-4-3-5-7-17/h3-13,20H,2H2,1H3. The van der Waals surface area contributed by atoms with Crippen LogP contribution in [-0.2, 0) is 0 Å². The molecule has 116 valence electrons. The van der Waals surface area contributed by atoms with Crippen LogP contribution in [0.3, 0.4) is 0 Å². The first-order valence-corrected chi connectivity index (χ1v) is 9.72. The van der Waals surface area contributed by atoms with Gasteiger partial charge < -0.3 is 4.72 Å². The molecule has 1 heterocycles. The zero-order chi connectivity index (χ0) is 16.1. The van der Waals surface area contributed by atoms with Gasteiger partial charge in [-0.3, -0.25) is 0 Å². The van der Waals surface area contributed by atoms with Gasteiger partial charge in [-0.2, -0.15) is 0 Å². The Morgan fingerprint density at radius 1 is 1.00 bits per heavy atom. The number of rotatable bonds is 6. The summed E-state index contributed by atoms with van der Waals surface area (Å²) in [7, 11) is 0. The highest BCUT2D eigenvalue weighted by atomic mass is 32.2. The third-order valence-corrected chi connectivity index (χ3v) is 6.26. The van der Waals surface area contributed by atoms with Gasteiger partial charge in [-0.15, -0.1) is 11.3 Å². The highest BCUT2D eigenvalue weighted by Gasteiger charge is 2.04. The van der Waals surface area contributed by atoms with Gasteiger partial charge in [0, 0.05) is 20.9 Å². The lowest BCUT2D eigenvalue weighted by molar-refractivity contribution is 1.38. The molecule has 0 atom stereocenters. The quantitative estimate of drug-likeness (QED) is 0.509. The van der Waals surface area contributed by atoms with Crippen molar-refractivity contribution in [2.75, 3.05) is 0 Å². The monoisotopic (exact) mass is 355 g/mol. The van der Waals surface area contributed by atoms with Crippen LogP contribution in [0.4, 0.5) is 0 Å². The Kier molecular flexibility index (Phi) is 5.49. The Labute approximate surface area is 150 Å². The summed E-state index contributed by atoms with van der Waals surface area (Å²) in [4.78, 5) is 2.53. The van der Waals surface area contributed by atoms with Crippen LogP contribution in [0.1, 0.15) is 11.1 Å². The lowest BCUT2D eigenvalue weighted by Gasteiger charge is -2.07. The molecule has 4 heteroatoms. The van der Waals surface area contributed by atoms with E-state index in [2.05, 4.69) is 78.2 Å². The second-order valence-electron chi connectivity index (χ2n) is 5.07. The average molecular weight is 356 g/mol. The van der Waals surface area contributed by atoms with Gasteiger partial charge in [0.1, 0.15) is 0 Å². The van der Waals surface area contributed by atoms with Gasteiger partial charge in [0.2, 0.25) is 0 Å². The van der Waals surface area contributed by atoms with Gasteiger partial charge in [-0.1, -0.05) is 66.4 Å². The molecule has 1 N–H and O–H groups in total. The minimum atomic E-state index is 0.931. The van der Waals surface area contributed by atoms with Gasteiger partial charge >= 0.3 is 0 Å². The molecule has 0 aliphatic rings. The van der Waals surface area contributed by atoms with E-state index >= 15 is 0 Å². The molecule has 1 nitrogen and oxygen atoms in total. The first-order valence-electron chi connectivity index (χ1n) is 7.21. The molecule has 0 spiro atoms. The topological polar surface area (TPSA) is 12.0 Å². The van der Waals surface area contributed by atoms with E-state index in [1.54, 1.807) is 35.0 Å². The van der Waals surface area contributed by atoms with E-state index in [-0.39, 0.29) is 0 Å². The highest BCUT2D eigenvalue weighted by Crippen LogP contribution is 2.35. The van der Waals surface area contributed by atoms with E-state index in [0.717, 1.165) is 11.3 Å². The van der Waals surface area contributed by atoms with Crippen molar-refractivity contribution in [2.45, 2.75) is 20.9 Å². The summed E-state index contributed by atoms with van der Waals surface area (Å²) in [6.45, 7) is 6.20. The van der Waals surface area contributed by atoms with Crippen molar-refractivity contribution in [1.29, 1.82) is 0 Å². The Bertz CT molecular complexity index is 776. The summed E-state index contributed by atoms with van der Waals surface area (Å²) in [6, 6.07) is 21.0. The number of hydrogen-bond acceptors (Lipinski definition) is 4. The van der Waals surface area contributed by atoms with Crippen molar-refractivity contribution in [3.63, 3.8) is 0 Å². The Hall–Kier alpha value is -1.62. The van der Waals surface area contributed by atoms with Gasteiger partial charge in [0.15, 0.2) is 0 Å². The summed E-state index contributed by atoms with van der Waals surface area (Å²) < 4.78 is 4.57. The maximum absolute atomic E-state index is 4.11. The van der Waals surface area contributed by atoms with Crippen molar-refractivity contribution in [1.82, 2.24) is 4.72 Å². The van der Waals surface area contributed by atoms with Crippen LogP contribution in [0, 0.1) is 6.92 Å². The van der Waals surface area contributed by atoms with Crippen LogP contribution < -0.4 is 4.72 Å². The van der Waals surface area contributed by atoms with E-state index in [0.29, 0.717) is 0 Å². The molecular weight excluding hydrogens is 338 g/mol. The number of benzene rings is 2. The van der Waals surface area contributed by atoms with Crippen LogP contribution in [-0.4, -0.2) is 0 Å². The predicted molar refractivity (Wildman–Crippen MR) is 104 cm³/mol. The molecule has 0 saturated carbocycles. The second kappa shape index (κ2) is 7.77. The number of thiophene rings is 1. The summed E-state index contributed by atoms with van der Waals surface area (Å²) in [5, 5.41) is 2.19. The van der Waals surface area contributed by atoms with Crippen molar-refractivity contribution in [3.8, 4) is 0 Å². The van der Waals surface area contributed by atoms with Crippen molar-refractivity contribution in [2.24, 2.45) is 0 Å². The molecule has 1 aromatic heterocycles. The molecule has 3 rings (SSSR count). The molecule has 0 amide bonds. The number of nitrogens with one attached hydrogen (secondary N) is 1. The summed E-state index contributed by atoms with van der Waals surface area (Å²) in [5.74, 6) is 0. The van der Waals surface area contributed by atoms with Crippen LogP contribution in [0.15, 0.2) is 86.6 Å². The largest absolute Gasteiger partial charge is 0.325 e. The van der Waals surface area contributed by atoms with Crippen LogP contribution in [0.5, 0.6) is 0 Å². The fourth-order valence-electron chi connectivity index (χ4n) is 1.96. The van der Waals surface area contributed by atoms with Crippen LogP contribution in [0.25, 0.3) is 5.70 Å². The SMILES string of the molecule is C=C(NSc1cc(Sc2ccccc2)cs1)c1ccc(C)cc1. The lowest BCUT2D eigenvalue weighted by Crippen LogP contribution is -1.99. The molecule has 0 fully saturated rings. The van der Waals surface area contributed by atoms with E-state index in [9.17, 15) is 0 Å². The predicted octanol–water partition coefficient (Wildman–Crippen LogP) is 6.48. The van der Waals surface area contributed by atoms with E-state index in [4.69, 9.17) is 0 Å². The van der Waals surface area contributed by atoms with Gasteiger partial charge in [-0.25, -0.2) is 0 Å². The van der Waals surface area contributed by atoms with Crippen molar-refractivity contribution >= 4 is 40.7 Å². The molecule has 0 radical (unpaired) electrons. The van der Waals surface area contributed by atoms with E-state index in [1.165, 1.54) is 19.6 Å². The molecule has 0 aliphatic carbocycles. The van der Waals surface area contributed by atoms with Gasteiger partial charge in [-0.05, 0) is 42.6 Å². The second-order valence-corrected chi connectivity index (χ2v) is 8.23. The first kappa shape index (κ1) is 16.2. The molecule has 0 saturated heterocycles. The zero-order valence-corrected chi connectivity index (χ0v) is 15.2. The Morgan fingerprint density at radius 2 is 1.74 bits per heavy atom. The van der Waals surface area contributed by atoms with Gasteiger partial charge in [0.25, 0.3) is 0 Å². The molecule has 0 bridgehead atoms. The average Bonchev–Trinajstić information content (AvgIpc) is 3.02. The third-order valence-electron chi connectivity index (χ3n) is 3.21.